The van der Waals surface area contributed by atoms with Crippen molar-refractivity contribution in [3.8, 4) is 0 Å². The summed E-state index contributed by atoms with van der Waals surface area (Å²) in [4.78, 5) is 25.2. The number of benzene rings is 1. The van der Waals surface area contributed by atoms with Gasteiger partial charge in [0.15, 0.2) is 0 Å². The molecular formula is C20H24N2O4. The number of ether oxygens (including phenoxy) is 1. The maximum atomic E-state index is 12.8. The Kier molecular flexibility index (Phi) is 4.87. The first-order chi connectivity index (χ1) is 12.4. The highest BCUT2D eigenvalue weighted by Gasteiger charge is 2.51. The number of fused-ring (bicyclic) bond motifs is 1. The first-order valence-corrected chi connectivity index (χ1v) is 8.77. The average Bonchev–Trinajstić information content (AvgIpc) is 2.97. The Hall–Kier alpha value is -2.60. The van der Waals surface area contributed by atoms with Gasteiger partial charge in [0.1, 0.15) is 6.61 Å². The zero-order valence-corrected chi connectivity index (χ0v) is 15.0. The quantitative estimate of drug-likeness (QED) is 0.564. The van der Waals surface area contributed by atoms with E-state index in [-0.39, 0.29) is 18.6 Å². The number of hydrogen-bond acceptors (Lipinski definition) is 4. The van der Waals surface area contributed by atoms with E-state index in [2.05, 4.69) is 23.7 Å². The molecule has 0 saturated carbocycles. The van der Waals surface area contributed by atoms with Gasteiger partial charge in [0.05, 0.1) is 11.5 Å². The van der Waals surface area contributed by atoms with Gasteiger partial charge in [-0.2, -0.15) is 0 Å². The Morgan fingerprint density at radius 2 is 2.08 bits per heavy atom. The fourth-order valence-electron chi connectivity index (χ4n) is 3.81. The zero-order chi connectivity index (χ0) is 18.9. The van der Waals surface area contributed by atoms with Crippen LogP contribution < -0.4 is 5.56 Å². The summed E-state index contributed by atoms with van der Waals surface area (Å²) in [6.07, 6.45) is 2.54. The van der Waals surface area contributed by atoms with Gasteiger partial charge in [0.25, 0.3) is 5.56 Å². The maximum absolute atomic E-state index is 12.8. The van der Waals surface area contributed by atoms with Crippen molar-refractivity contribution in [2.45, 2.75) is 38.2 Å². The minimum absolute atomic E-state index is 0.0588. The zero-order valence-electron chi connectivity index (χ0n) is 15.0. The third kappa shape index (κ3) is 3.12. The highest BCUT2D eigenvalue weighted by molar-refractivity contribution is 5.77. The standard InChI is InChI=1S/C20H24N2O4/c1-4-10-26-19(24)17-15(13-8-6-12(5-2)7-9-13)16-14(11-20(17,3)25)21-22-18(16)23/h4,6-9,15,17,25H,1,5,10-11H2,2-3H3,(H2,21,22,23)/t15-,17+,20+/m1/s1. The Bertz CT molecular complexity index is 861. The molecule has 1 aromatic heterocycles. The molecule has 0 spiro atoms. The molecule has 3 N–H and O–H groups in total. The molecule has 3 rings (SSSR count). The van der Waals surface area contributed by atoms with Gasteiger partial charge in [-0.05, 0) is 24.5 Å². The summed E-state index contributed by atoms with van der Waals surface area (Å²) in [7, 11) is 0. The van der Waals surface area contributed by atoms with E-state index in [4.69, 9.17) is 4.74 Å². The van der Waals surface area contributed by atoms with Crippen LogP contribution in [0.5, 0.6) is 0 Å². The molecule has 0 radical (unpaired) electrons. The van der Waals surface area contributed by atoms with Crippen LogP contribution in [0.2, 0.25) is 0 Å². The van der Waals surface area contributed by atoms with Crippen LogP contribution in [0.1, 0.15) is 42.1 Å². The smallest absolute Gasteiger partial charge is 0.313 e. The lowest BCUT2D eigenvalue weighted by Crippen LogP contribution is -2.50. The van der Waals surface area contributed by atoms with E-state index in [0.717, 1.165) is 17.5 Å². The van der Waals surface area contributed by atoms with E-state index >= 15 is 0 Å². The van der Waals surface area contributed by atoms with Crippen molar-refractivity contribution in [3.05, 3.63) is 69.7 Å². The summed E-state index contributed by atoms with van der Waals surface area (Å²) in [6, 6.07) is 7.78. The average molecular weight is 356 g/mol. The van der Waals surface area contributed by atoms with E-state index in [9.17, 15) is 14.7 Å². The number of H-pyrrole nitrogens is 2. The molecule has 0 fully saturated rings. The molecule has 0 amide bonds. The highest BCUT2D eigenvalue weighted by Crippen LogP contribution is 2.44. The molecular weight excluding hydrogens is 332 g/mol. The second kappa shape index (κ2) is 6.96. The molecule has 6 heteroatoms. The molecule has 1 aliphatic carbocycles. The minimum Gasteiger partial charge on any atom is -0.461 e. The molecule has 26 heavy (non-hydrogen) atoms. The molecule has 0 aliphatic heterocycles. The predicted molar refractivity (Wildman–Crippen MR) is 98.1 cm³/mol. The molecule has 1 aliphatic rings. The van der Waals surface area contributed by atoms with E-state index in [0.29, 0.717) is 11.3 Å². The molecule has 0 bridgehead atoms. The molecule has 0 saturated heterocycles. The van der Waals surface area contributed by atoms with Crippen molar-refractivity contribution in [1.82, 2.24) is 10.2 Å². The highest BCUT2D eigenvalue weighted by atomic mass is 16.5. The number of hydrogen-bond donors (Lipinski definition) is 3. The fourth-order valence-corrected chi connectivity index (χ4v) is 3.81. The third-order valence-corrected chi connectivity index (χ3v) is 5.09. The van der Waals surface area contributed by atoms with E-state index < -0.39 is 23.4 Å². The van der Waals surface area contributed by atoms with Crippen molar-refractivity contribution in [2.75, 3.05) is 6.61 Å². The normalized spacial score (nSPS) is 24.7. The number of esters is 1. The fraction of sp³-hybridized carbons (Fsp3) is 0.400. The maximum Gasteiger partial charge on any atom is 0.313 e. The largest absolute Gasteiger partial charge is 0.461 e. The topological polar surface area (TPSA) is 95.2 Å². The number of rotatable bonds is 5. The van der Waals surface area contributed by atoms with Crippen LogP contribution in [0.15, 0.2) is 41.7 Å². The van der Waals surface area contributed by atoms with Crippen LogP contribution in [0.4, 0.5) is 0 Å². The Morgan fingerprint density at radius 1 is 1.38 bits per heavy atom. The SMILES string of the molecule is C=CCOC(=O)[C@@H]1[C@H](c2ccc(CC)cc2)c2c([nH][nH]c2=O)C[C@]1(C)O. The number of carbonyl (C=O) groups excluding carboxylic acids is 1. The lowest BCUT2D eigenvalue weighted by Gasteiger charge is -2.40. The predicted octanol–water partition coefficient (Wildman–Crippen LogP) is 2.05. The third-order valence-electron chi connectivity index (χ3n) is 5.09. The number of aryl methyl sites for hydroxylation is 1. The Morgan fingerprint density at radius 3 is 2.69 bits per heavy atom. The molecule has 138 valence electrons. The lowest BCUT2D eigenvalue weighted by atomic mass is 9.66. The summed E-state index contributed by atoms with van der Waals surface area (Å²) in [5.74, 6) is -2.02. The van der Waals surface area contributed by atoms with Crippen molar-refractivity contribution >= 4 is 5.97 Å². The van der Waals surface area contributed by atoms with Crippen LogP contribution >= 0.6 is 0 Å². The number of aliphatic hydroxyl groups is 1. The number of aromatic amines is 2. The second-order valence-corrected chi connectivity index (χ2v) is 6.97. The first-order valence-electron chi connectivity index (χ1n) is 8.77. The van der Waals surface area contributed by atoms with E-state index in [1.165, 1.54) is 6.08 Å². The summed E-state index contributed by atoms with van der Waals surface area (Å²) in [6.45, 7) is 7.28. The van der Waals surface area contributed by atoms with Gasteiger partial charge in [-0.25, -0.2) is 0 Å². The first kappa shape index (κ1) is 18.2. The monoisotopic (exact) mass is 356 g/mol. The number of carbonyl (C=O) groups is 1. The summed E-state index contributed by atoms with van der Waals surface area (Å²) >= 11 is 0. The minimum atomic E-state index is -1.36. The van der Waals surface area contributed by atoms with E-state index in [1.807, 2.05) is 24.3 Å². The molecule has 1 aromatic carbocycles. The molecule has 3 atom stereocenters. The summed E-state index contributed by atoms with van der Waals surface area (Å²) in [5.41, 5.74) is 1.43. The lowest BCUT2D eigenvalue weighted by molar-refractivity contribution is -0.158. The van der Waals surface area contributed by atoms with Crippen LogP contribution in [0, 0.1) is 5.92 Å². The molecule has 6 nitrogen and oxygen atoms in total. The van der Waals surface area contributed by atoms with Crippen molar-refractivity contribution < 1.29 is 14.6 Å². The van der Waals surface area contributed by atoms with Gasteiger partial charge in [-0.15, -0.1) is 0 Å². The Labute approximate surface area is 151 Å². The number of aromatic nitrogens is 2. The molecule has 1 heterocycles. The van der Waals surface area contributed by atoms with Gasteiger partial charge in [-0.1, -0.05) is 43.8 Å². The van der Waals surface area contributed by atoms with Crippen molar-refractivity contribution in [1.29, 1.82) is 0 Å². The van der Waals surface area contributed by atoms with Crippen LogP contribution in [0.25, 0.3) is 0 Å². The molecule has 0 unspecified atom stereocenters. The van der Waals surface area contributed by atoms with Crippen LogP contribution in [-0.2, 0) is 22.4 Å². The van der Waals surface area contributed by atoms with Gasteiger partial charge >= 0.3 is 5.97 Å². The van der Waals surface area contributed by atoms with Gasteiger partial charge < -0.3 is 14.9 Å². The Balaban J connectivity index is 2.14. The van der Waals surface area contributed by atoms with E-state index in [1.54, 1.807) is 6.92 Å². The van der Waals surface area contributed by atoms with Gasteiger partial charge in [0.2, 0.25) is 0 Å². The van der Waals surface area contributed by atoms with Gasteiger partial charge in [0, 0.05) is 23.6 Å². The van der Waals surface area contributed by atoms with Gasteiger partial charge in [-0.3, -0.25) is 14.7 Å². The van der Waals surface area contributed by atoms with Crippen molar-refractivity contribution in [2.24, 2.45) is 5.92 Å². The summed E-state index contributed by atoms with van der Waals surface area (Å²) in [5, 5.41) is 16.5. The van der Waals surface area contributed by atoms with Crippen LogP contribution in [-0.4, -0.2) is 33.5 Å². The number of nitrogens with one attached hydrogen (secondary N) is 2. The second-order valence-electron chi connectivity index (χ2n) is 6.97. The molecule has 2 aromatic rings. The van der Waals surface area contributed by atoms with Crippen LogP contribution in [0.3, 0.4) is 0 Å². The van der Waals surface area contributed by atoms with Crippen molar-refractivity contribution in [3.63, 3.8) is 0 Å². The summed E-state index contributed by atoms with van der Waals surface area (Å²) < 4.78 is 5.25.